The minimum atomic E-state index is -0.452. The standard InChI is InChI=1S/C27H54O12/c1-5-27(2,3)26(28)39-25-24-38-23-22-37-21-20-36-19-18-35-17-16-34-15-14-33-13-12-32-11-10-31-9-8-30-7-6-29-4/h5-25H2,1-4H3. The van der Waals surface area contributed by atoms with Gasteiger partial charge in [0.2, 0.25) is 0 Å². The second kappa shape index (κ2) is 30.0. The van der Waals surface area contributed by atoms with Gasteiger partial charge in [0, 0.05) is 7.11 Å². The van der Waals surface area contributed by atoms with E-state index in [4.69, 9.17) is 52.1 Å². The van der Waals surface area contributed by atoms with Gasteiger partial charge in [-0.3, -0.25) is 4.79 Å². The maximum Gasteiger partial charge on any atom is 0.311 e. The first-order valence-electron chi connectivity index (χ1n) is 13.9. The van der Waals surface area contributed by atoms with Crippen LogP contribution in [-0.2, 0) is 56.9 Å². The maximum atomic E-state index is 11.8. The summed E-state index contributed by atoms with van der Waals surface area (Å²) in [6.45, 7) is 15.6. The molecule has 0 aliphatic rings. The van der Waals surface area contributed by atoms with Crippen molar-refractivity contribution in [3.8, 4) is 0 Å². The third-order valence-corrected chi connectivity index (χ3v) is 5.31. The van der Waals surface area contributed by atoms with E-state index in [1.807, 2.05) is 20.8 Å². The van der Waals surface area contributed by atoms with Crippen LogP contribution in [-0.4, -0.2) is 145 Å². The number of rotatable bonds is 32. The van der Waals surface area contributed by atoms with Crippen LogP contribution in [0.2, 0.25) is 0 Å². The number of carbonyl (C=O) groups is 1. The first-order chi connectivity index (χ1) is 19.0. The number of hydrogen-bond donors (Lipinski definition) is 0. The summed E-state index contributed by atoms with van der Waals surface area (Å²) in [6.07, 6.45) is 0.739. The molecule has 0 unspecified atom stereocenters. The predicted octanol–water partition coefficient (Wildman–Crippen LogP) is 1.76. The van der Waals surface area contributed by atoms with Crippen molar-refractivity contribution in [2.24, 2.45) is 5.41 Å². The Bertz CT molecular complexity index is 507. The molecule has 0 aromatic carbocycles. The van der Waals surface area contributed by atoms with Crippen molar-refractivity contribution in [3.05, 3.63) is 0 Å². The van der Waals surface area contributed by atoms with Crippen LogP contribution in [0.1, 0.15) is 27.2 Å². The molecular weight excluding hydrogens is 516 g/mol. The minimum absolute atomic E-state index is 0.198. The molecule has 0 aliphatic heterocycles. The average molecular weight is 571 g/mol. The van der Waals surface area contributed by atoms with E-state index in [1.54, 1.807) is 7.11 Å². The van der Waals surface area contributed by atoms with E-state index in [-0.39, 0.29) is 12.6 Å². The second-order valence-electron chi connectivity index (χ2n) is 8.88. The van der Waals surface area contributed by atoms with Crippen molar-refractivity contribution in [1.29, 1.82) is 0 Å². The molecule has 0 saturated heterocycles. The molecule has 12 heteroatoms. The van der Waals surface area contributed by atoms with Gasteiger partial charge in [-0.15, -0.1) is 0 Å². The number of carbonyl (C=O) groups excluding carboxylic acids is 1. The summed E-state index contributed by atoms with van der Waals surface area (Å²) in [4.78, 5) is 11.8. The van der Waals surface area contributed by atoms with Crippen LogP contribution in [0, 0.1) is 5.41 Å². The van der Waals surface area contributed by atoms with Crippen LogP contribution in [0.25, 0.3) is 0 Å². The largest absolute Gasteiger partial charge is 0.463 e. The zero-order valence-electron chi connectivity index (χ0n) is 24.7. The molecule has 0 aromatic rings. The summed E-state index contributed by atoms with van der Waals surface area (Å²) in [5.41, 5.74) is -0.452. The van der Waals surface area contributed by atoms with Gasteiger partial charge in [-0.2, -0.15) is 0 Å². The third-order valence-electron chi connectivity index (χ3n) is 5.31. The van der Waals surface area contributed by atoms with Gasteiger partial charge in [-0.1, -0.05) is 6.92 Å². The molecule has 0 aliphatic carbocycles. The molecule has 0 fully saturated rings. The summed E-state index contributed by atoms with van der Waals surface area (Å²) in [5, 5.41) is 0. The number of ether oxygens (including phenoxy) is 11. The summed E-state index contributed by atoms with van der Waals surface area (Å²) in [5.74, 6) is -0.198. The lowest BCUT2D eigenvalue weighted by molar-refractivity contribution is -0.155. The smallest absolute Gasteiger partial charge is 0.311 e. The van der Waals surface area contributed by atoms with Crippen molar-refractivity contribution in [1.82, 2.24) is 0 Å². The molecule has 0 aromatic heterocycles. The normalized spacial score (nSPS) is 11.8. The molecule has 39 heavy (non-hydrogen) atoms. The molecule has 0 atom stereocenters. The number of methoxy groups -OCH3 is 1. The number of hydrogen-bond acceptors (Lipinski definition) is 12. The van der Waals surface area contributed by atoms with Gasteiger partial charge >= 0.3 is 5.97 Å². The lowest BCUT2D eigenvalue weighted by Crippen LogP contribution is -2.27. The van der Waals surface area contributed by atoms with Gasteiger partial charge in [0.25, 0.3) is 0 Å². The van der Waals surface area contributed by atoms with Crippen molar-refractivity contribution >= 4 is 5.97 Å². The van der Waals surface area contributed by atoms with E-state index in [9.17, 15) is 4.79 Å². The zero-order chi connectivity index (χ0) is 28.7. The SMILES string of the molecule is CCC(C)(C)C(=O)OCCOCCOCCOCCOCCOCCOCCOCCOCCOCCOC. The molecule has 0 amide bonds. The van der Waals surface area contributed by atoms with Crippen LogP contribution in [0.4, 0.5) is 0 Å². The Morgan fingerprint density at radius 3 is 0.897 bits per heavy atom. The Kier molecular flexibility index (Phi) is 29.3. The third kappa shape index (κ3) is 28.4. The van der Waals surface area contributed by atoms with E-state index < -0.39 is 5.41 Å². The Morgan fingerprint density at radius 1 is 0.436 bits per heavy atom. The average Bonchev–Trinajstić information content (AvgIpc) is 2.93. The first-order valence-corrected chi connectivity index (χ1v) is 13.9. The molecule has 0 bridgehead atoms. The number of esters is 1. The van der Waals surface area contributed by atoms with Crippen LogP contribution in [0.15, 0.2) is 0 Å². The lowest BCUT2D eigenvalue weighted by Gasteiger charge is -2.20. The maximum absolute atomic E-state index is 11.8. The van der Waals surface area contributed by atoms with Crippen LogP contribution in [0.5, 0.6) is 0 Å². The zero-order valence-corrected chi connectivity index (χ0v) is 24.7. The van der Waals surface area contributed by atoms with E-state index in [2.05, 4.69) is 0 Å². The lowest BCUT2D eigenvalue weighted by atomic mass is 9.91. The fraction of sp³-hybridized carbons (Fsp3) is 0.963. The Hall–Kier alpha value is -0.930. The highest BCUT2D eigenvalue weighted by atomic mass is 16.6. The summed E-state index contributed by atoms with van der Waals surface area (Å²) in [7, 11) is 1.64. The van der Waals surface area contributed by atoms with E-state index in [1.165, 1.54) is 0 Å². The Labute approximate surface area is 235 Å². The van der Waals surface area contributed by atoms with E-state index in [0.29, 0.717) is 126 Å². The molecule has 0 N–H and O–H groups in total. The summed E-state index contributed by atoms with van der Waals surface area (Å²) >= 11 is 0. The fourth-order valence-electron chi connectivity index (χ4n) is 2.54. The molecular formula is C27H54O12. The molecule has 12 nitrogen and oxygen atoms in total. The summed E-state index contributed by atoms with van der Waals surface area (Å²) < 4.78 is 58.8. The Balaban J connectivity index is 3.11. The molecule has 0 rings (SSSR count). The molecule has 0 spiro atoms. The first kappa shape index (κ1) is 38.1. The van der Waals surface area contributed by atoms with Crippen molar-refractivity contribution in [3.63, 3.8) is 0 Å². The van der Waals surface area contributed by atoms with Gasteiger partial charge in [0.15, 0.2) is 0 Å². The van der Waals surface area contributed by atoms with Crippen LogP contribution < -0.4 is 0 Å². The summed E-state index contributed by atoms with van der Waals surface area (Å²) in [6, 6.07) is 0. The van der Waals surface area contributed by atoms with Crippen LogP contribution in [0.3, 0.4) is 0 Å². The van der Waals surface area contributed by atoms with Crippen LogP contribution >= 0.6 is 0 Å². The predicted molar refractivity (Wildman–Crippen MR) is 144 cm³/mol. The highest BCUT2D eigenvalue weighted by Crippen LogP contribution is 2.21. The molecule has 234 valence electrons. The highest BCUT2D eigenvalue weighted by Gasteiger charge is 2.26. The highest BCUT2D eigenvalue weighted by molar-refractivity contribution is 5.75. The molecule has 0 heterocycles. The quantitative estimate of drug-likeness (QED) is 0.0866. The fourth-order valence-corrected chi connectivity index (χ4v) is 2.54. The van der Waals surface area contributed by atoms with Gasteiger partial charge in [0.1, 0.15) is 6.61 Å². The minimum Gasteiger partial charge on any atom is -0.463 e. The second-order valence-corrected chi connectivity index (χ2v) is 8.88. The molecule has 0 radical (unpaired) electrons. The monoisotopic (exact) mass is 570 g/mol. The van der Waals surface area contributed by atoms with E-state index in [0.717, 1.165) is 6.42 Å². The van der Waals surface area contributed by atoms with Gasteiger partial charge in [0.05, 0.1) is 131 Å². The van der Waals surface area contributed by atoms with Gasteiger partial charge in [-0.25, -0.2) is 0 Å². The van der Waals surface area contributed by atoms with Crippen molar-refractivity contribution in [2.75, 3.05) is 139 Å². The van der Waals surface area contributed by atoms with Gasteiger partial charge < -0.3 is 52.1 Å². The topological polar surface area (TPSA) is 119 Å². The van der Waals surface area contributed by atoms with Gasteiger partial charge in [-0.05, 0) is 20.3 Å². The van der Waals surface area contributed by atoms with Crippen molar-refractivity contribution < 1.29 is 56.9 Å². The molecule has 0 saturated carbocycles. The van der Waals surface area contributed by atoms with E-state index >= 15 is 0 Å². The van der Waals surface area contributed by atoms with Crippen molar-refractivity contribution in [2.45, 2.75) is 27.2 Å². The Morgan fingerprint density at radius 2 is 0.667 bits per heavy atom.